The first-order valence-electron chi connectivity index (χ1n) is 11.3. The molecule has 0 aliphatic carbocycles. The molecule has 0 radical (unpaired) electrons. The molecule has 2 aromatic rings. The van der Waals surface area contributed by atoms with Gasteiger partial charge in [-0.3, -0.25) is 4.79 Å². The Morgan fingerprint density at radius 2 is 1.97 bits per heavy atom. The molecule has 2 saturated heterocycles. The number of nitrogens with two attached hydrogens (primary N) is 1. The monoisotopic (exact) mass is 477 g/mol. The highest BCUT2D eigenvalue weighted by atomic mass is 19.4. The van der Waals surface area contributed by atoms with Crippen molar-refractivity contribution < 1.29 is 22.4 Å². The largest absolute Gasteiger partial charge is 0.406 e. The van der Waals surface area contributed by atoms with E-state index in [0.717, 1.165) is 24.3 Å². The standard InChI is InChI=1S/C22H26F3N7O2/c1-12-15(19-28-29-21(34-19)31-10-6-5-9-14(31)11-26)20(33)32-18(27-12)16(13-7-3-2-4-8-13)17(30-32)22(23,24)25/h2-4,7-8,14,16-18,27,30H,5-6,9-11,26H2,1H3. The van der Waals surface area contributed by atoms with Crippen molar-refractivity contribution in [1.82, 2.24) is 25.9 Å². The molecule has 3 aliphatic heterocycles. The average molecular weight is 477 g/mol. The Kier molecular flexibility index (Phi) is 5.72. The molecule has 4 atom stereocenters. The van der Waals surface area contributed by atoms with Gasteiger partial charge >= 0.3 is 12.2 Å². The molecule has 4 N–H and O–H groups in total. The highest BCUT2D eigenvalue weighted by Gasteiger charge is 2.58. The van der Waals surface area contributed by atoms with E-state index >= 15 is 0 Å². The molecule has 0 bridgehead atoms. The zero-order valence-corrected chi connectivity index (χ0v) is 18.5. The fourth-order valence-corrected chi connectivity index (χ4v) is 5.08. The number of hydrogen-bond donors (Lipinski definition) is 3. The van der Waals surface area contributed by atoms with Gasteiger partial charge in [-0.15, -0.1) is 5.10 Å². The maximum Gasteiger partial charge on any atom is 0.406 e. The van der Waals surface area contributed by atoms with Crippen LogP contribution in [-0.2, 0) is 4.79 Å². The summed E-state index contributed by atoms with van der Waals surface area (Å²) in [4.78, 5) is 15.3. The van der Waals surface area contributed by atoms with Gasteiger partial charge in [0.2, 0.25) is 0 Å². The number of carbonyl (C=O) groups is 1. The number of carbonyl (C=O) groups excluding carboxylic acids is 1. The van der Waals surface area contributed by atoms with Gasteiger partial charge in [-0.05, 0) is 31.7 Å². The molecule has 3 aliphatic rings. The summed E-state index contributed by atoms with van der Waals surface area (Å²) in [5.41, 5.74) is 9.15. The van der Waals surface area contributed by atoms with E-state index in [1.165, 1.54) is 0 Å². The lowest BCUT2D eigenvalue weighted by atomic mass is 9.89. The first kappa shape index (κ1) is 22.7. The lowest BCUT2D eigenvalue weighted by Crippen LogP contribution is -2.54. The third-order valence-electron chi connectivity index (χ3n) is 6.74. The van der Waals surface area contributed by atoms with Crippen LogP contribution in [0.5, 0.6) is 0 Å². The van der Waals surface area contributed by atoms with Crippen LogP contribution in [0.2, 0.25) is 0 Å². The lowest BCUT2D eigenvalue weighted by molar-refractivity contribution is -0.161. The second-order valence-electron chi connectivity index (χ2n) is 8.82. The molecule has 2 fully saturated rings. The normalized spacial score (nSPS) is 27.7. The summed E-state index contributed by atoms with van der Waals surface area (Å²) >= 11 is 0. The molecule has 1 amide bonds. The first-order valence-corrected chi connectivity index (χ1v) is 11.3. The highest BCUT2D eigenvalue weighted by Crippen LogP contribution is 2.42. The quantitative estimate of drug-likeness (QED) is 0.614. The second kappa shape index (κ2) is 8.58. The Morgan fingerprint density at radius 3 is 2.68 bits per heavy atom. The summed E-state index contributed by atoms with van der Waals surface area (Å²) in [6, 6.07) is 6.72. The van der Waals surface area contributed by atoms with Crippen LogP contribution in [-0.4, -0.2) is 58.6 Å². The number of aromatic nitrogens is 2. The van der Waals surface area contributed by atoms with Gasteiger partial charge in [0.15, 0.2) is 0 Å². The summed E-state index contributed by atoms with van der Waals surface area (Å²) in [7, 11) is 0. The minimum atomic E-state index is -4.57. The summed E-state index contributed by atoms with van der Waals surface area (Å²) < 4.78 is 47.7. The summed E-state index contributed by atoms with van der Waals surface area (Å²) in [5.74, 6) is -1.74. The number of hydrazine groups is 1. The van der Waals surface area contributed by atoms with Crippen LogP contribution in [0.15, 0.2) is 40.4 Å². The molecule has 34 heavy (non-hydrogen) atoms. The third-order valence-corrected chi connectivity index (χ3v) is 6.74. The number of piperidine rings is 1. The van der Waals surface area contributed by atoms with Crippen LogP contribution in [0.4, 0.5) is 19.2 Å². The number of rotatable bonds is 4. The van der Waals surface area contributed by atoms with Gasteiger partial charge in [-0.25, -0.2) is 10.4 Å². The number of amides is 1. The SMILES string of the molecule is CC1=C(c2nnc(N3CCCCC3CN)o2)C(=O)N2NC(C(F)(F)F)C(c3ccccc3)C2N1. The molecule has 4 heterocycles. The van der Waals surface area contributed by atoms with Gasteiger partial charge in [-0.1, -0.05) is 35.4 Å². The van der Waals surface area contributed by atoms with Crippen molar-refractivity contribution in [3.8, 4) is 0 Å². The topological polar surface area (TPSA) is 113 Å². The smallest absolute Gasteiger partial charge is 0.403 e. The van der Waals surface area contributed by atoms with E-state index in [1.807, 2.05) is 4.90 Å². The van der Waals surface area contributed by atoms with E-state index in [0.29, 0.717) is 24.4 Å². The average Bonchev–Trinajstić information content (AvgIpc) is 3.45. The molecule has 1 aromatic heterocycles. The van der Waals surface area contributed by atoms with Gasteiger partial charge in [0.05, 0.1) is 5.92 Å². The summed E-state index contributed by atoms with van der Waals surface area (Å²) in [6.07, 6.45) is -2.60. The van der Waals surface area contributed by atoms with Crippen molar-refractivity contribution in [2.45, 2.75) is 56.5 Å². The zero-order chi connectivity index (χ0) is 24.0. The number of alkyl halides is 3. The number of nitrogens with one attached hydrogen (secondary N) is 2. The van der Waals surface area contributed by atoms with E-state index in [-0.39, 0.29) is 23.5 Å². The van der Waals surface area contributed by atoms with Crippen molar-refractivity contribution in [3.63, 3.8) is 0 Å². The molecule has 182 valence electrons. The van der Waals surface area contributed by atoms with Gasteiger partial charge < -0.3 is 20.4 Å². The molecular weight excluding hydrogens is 451 g/mol. The van der Waals surface area contributed by atoms with Crippen molar-refractivity contribution in [2.24, 2.45) is 5.73 Å². The van der Waals surface area contributed by atoms with Gasteiger partial charge in [0.1, 0.15) is 17.8 Å². The molecule has 4 unspecified atom stereocenters. The molecule has 0 saturated carbocycles. The number of fused-ring (bicyclic) bond motifs is 1. The van der Waals surface area contributed by atoms with Crippen LogP contribution in [0, 0.1) is 0 Å². The van der Waals surface area contributed by atoms with E-state index in [2.05, 4.69) is 20.9 Å². The van der Waals surface area contributed by atoms with Crippen molar-refractivity contribution >= 4 is 17.5 Å². The molecule has 0 spiro atoms. The highest BCUT2D eigenvalue weighted by molar-refractivity contribution is 6.19. The van der Waals surface area contributed by atoms with Gasteiger partial charge in [-0.2, -0.15) is 13.2 Å². The lowest BCUT2D eigenvalue weighted by Gasteiger charge is -2.34. The number of anilines is 1. The van der Waals surface area contributed by atoms with Crippen LogP contribution in [0.25, 0.3) is 5.57 Å². The minimum Gasteiger partial charge on any atom is -0.403 e. The van der Waals surface area contributed by atoms with Crippen molar-refractivity contribution in [2.75, 3.05) is 18.0 Å². The summed E-state index contributed by atoms with van der Waals surface area (Å²) in [6.45, 7) is 2.76. The predicted octanol–water partition coefficient (Wildman–Crippen LogP) is 2.11. The van der Waals surface area contributed by atoms with Crippen LogP contribution in [0.1, 0.15) is 43.6 Å². The minimum absolute atomic E-state index is 0.0402. The molecule has 5 rings (SSSR count). The number of benzene rings is 1. The van der Waals surface area contributed by atoms with Gasteiger partial charge in [0.25, 0.3) is 11.8 Å². The maximum absolute atomic E-state index is 14.0. The third kappa shape index (κ3) is 3.80. The van der Waals surface area contributed by atoms with E-state index in [4.69, 9.17) is 10.2 Å². The number of nitrogens with zero attached hydrogens (tertiary/aromatic N) is 4. The van der Waals surface area contributed by atoms with Crippen LogP contribution < -0.4 is 21.4 Å². The Balaban J connectivity index is 1.47. The summed E-state index contributed by atoms with van der Waals surface area (Å²) in [5, 5.41) is 12.2. The van der Waals surface area contributed by atoms with Crippen LogP contribution in [0.3, 0.4) is 0 Å². The second-order valence-corrected chi connectivity index (χ2v) is 8.82. The van der Waals surface area contributed by atoms with Crippen LogP contribution >= 0.6 is 0 Å². The molecule has 12 heteroatoms. The Bertz CT molecular complexity index is 1090. The molecular formula is C22H26F3N7O2. The van der Waals surface area contributed by atoms with Crippen molar-refractivity contribution in [3.05, 3.63) is 47.5 Å². The maximum atomic E-state index is 14.0. The Labute approximate surface area is 194 Å². The fourth-order valence-electron chi connectivity index (χ4n) is 5.08. The van der Waals surface area contributed by atoms with Gasteiger partial charge in [0, 0.05) is 24.8 Å². The van der Waals surface area contributed by atoms with E-state index in [9.17, 15) is 18.0 Å². The predicted molar refractivity (Wildman–Crippen MR) is 117 cm³/mol. The van der Waals surface area contributed by atoms with E-state index < -0.39 is 30.2 Å². The Morgan fingerprint density at radius 1 is 1.21 bits per heavy atom. The number of halogens is 3. The number of allylic oxidation sites excluding steroid dienone is 1. The Hall–Kier alpha value is -3.12. The van der Waals surface area contributed by atoms with E-state index in [1.54, 1.807) is 37.3 Å². The van der Waals surface area contributed by atoms with Crippen molar-refractivity contribution in [1.29, 1.82) is 0 Å². The number of hydrogen-bond acceptors (Lipinski definition) is 8. The first-order chi connectivity index (χ1) is 16.3. The fraction of sp³-hybridized carbons (Fsp3) is 0.500. The molecule has 1 aromatic carbocycles. The zero-order valence-electron chi connectivity index (χ0n) is 18.5. The molecule has 9 nitrogen and oxygen atoms in total.